The summed E-state index contributed by atoms with van der Waals surface area (Å²) in [6, 6.07) is 11.4. The Hall–Kier alpha value is -3.17. The molecular weight excluding hydrogens is 428 g/mol. The Kier molecular flexibility index (Phi) is 6.57. The number of likely N-dealkylation sites (N-methyl/N-ethyl adjacent to an activating group) is 1. The molecule has 1 fully saturated rings. The molecule has 0 bridgehead atoms. The number of aryl methyl sites for hydroxylation is 2. The van der Waals surface area contributed by atoms with E-state index in [4.69, 9.17) is 9.15 Å². The highest BCUT2D eigenvalue weighted by Gasteiger charge is 2.22. The van der Waals surface area contributed by atoms with E-state index < -0.39 is 0 Å². The molecule has 2 amide bonds. The van der Waals surface area contributed by atoms with Gasteiger partial charge in [0.1, 0.15) is 10.6 Å². The SMILES string of the molecule is Cc1ccc(-c2nc(C)c(C(=O)N(C)CC(=O)Nc3ccc(N4CCOCC4)cc3)s2)o1. The van der Waals surface area contributed by atoms with Gasteiger partial charge in [-0.1, -0.05) is 0 Å². The lowest BCUT2D eigenvalue weighted by atomic mass is 10.2. The van der Waals surface area contributed by atoms with Crippen LogP contribution in [-0.4, -0.2) is 61.6 Å². The highest BCUT2D eigenvalue weighted by atomic mass is 32.1. The molecule has 1 N–H and O–H groups in total. The quantitative estimate of drug-likeness (QED) is 0.613. The van der Waals surface area contributed by atoms with Crippen molar-refractivity contribution in [2.75, 3.05) is 50.1 Å². The molecule has 8 nitrogen and oxygen atoms in total. The Morgan fingerprint density at radius 1 is 1.12 bits per heavy atom. The molecule has 1 aliphatic rings. The van der Waals surface area contributed by atoms with Crippen molar-refractivity contribution in [1.29, 1.82) is 0 Å². The normalized spacial score (nSPS) is 13.8. The van der Waals surface area contributed by atoms with Crippen LogP contribution in [0.1, 0.15) is 21.1 Å². The first kappa shape index (κ1) is 22.0. The lowest BCUT2D eigenvalue weighted by Crippen LogP contribution is -2.36. The molecule has 32 heavy (non-hydrogen) atoms. The number of nitrogens with one attached hydrogen (secondary N) is 1. The van der Waals surface area contributed by atoms with Gasteiger partial charge in [-0.3, -0.25) is 9.59 Å². The van der Waals surface area contributed by atoms with E-state index in [9.17, 15) is 9.59 Å². The smallest absolute Gasteiger partial charge is 0.266 e. The van der Waals surface area contributed by atoms with E-state index in [0.717, 1.165) is 37.8 Å². The Balaban J connectivity index is 1.35. The molecule has 1 aliphatic heterocycles. The van der Waals surface area contributed by atoms with E-state index in [1.165, 1.54) is 16.2 Å². The minimum atomic E-state index is -0.260. The molecule has 168 valence electrons. The van der Waals surface area contributed by atoms with Crippen molar-refractivity contribution in [1.82, 2.24) is 9.88 Å². The number of ether oxygens (including phenoxy) is 1. The van der Waals surface area contributed by atoms with Crippen LogP contribution in [0.25, 0.3) is 10.8 Å². The highest BCUT2D eigenvalue weighted by Crippen LogP contribution is 2.30. The van der Waals surface area contributed by atoms with Gasteiger partial charge in [0.05, 0.1) is 25.5 Å². The number of carbonyl (C=O) groups is 2. The number of anilines is 2. The summed E-state index contributed by atoms with van der Waals surface area (Å²) in [5, 5.41) is 3.50. The minimum Gasteiger partial charge on any atom is -0.459 e. The Bertz CT molecular complexity index is 1100. The molecule has 0 aliphatic carbocycles. The molecule has 2 aromatic heterocycles. The summed E-state index contributed by atoms with van der Waals surface area (Å²) in [6.07, 6.45) is 0. The Labute approximate surface area is 190 Å². The van der Waals surface area contributed by atoms with Crippen molar-refractivity contribution in [2.24, 2.45) is 0 Å². The second-order valence-electron chi connectivity index (χ2n) is 7.70. The van der Waals surface area contributed by atoms with Gasteiger partial charge in [-0.25, -0.2) is 4.98 Å². The number of hydrogen-bond acceptors (Lipinski definition) is 7. The van der Waals surface area contributed by atoms with Crippen molar-refractivity contribution >= 4 is 34.5 Å². The number of furan rings is 1. The van der Waals surface area contributed by atoms with Gasteiger partial charge >= 0.3 is 0 Å². The van der Waals surface area contributed by atoms with Crippen LogP contribution >= 0.6 is 11.3 Å². The van der Waals surface area contributed by atoms with E-state index in [1.54, 1.807) is 14.0 Å². The maximum Gasteiger partial charge on any atom is 0.266 e. The summed E-state index contributed by atoms with van der Waals surface area (Å²) < 4.78 is 11.0. The van der Waals surface area contributed by atoms with Gasteiger partial charge in [0.25, 0.3) is 5.91 Å². The average molecular weight is 455 g/mol. The topological polar surface area (TPSA) is 87.9 Å². The van der Waals surface area contributed by atoms with E-state index in [-0.39, 0.29) is 18.4 Å². The van der Waals surface area contributed by atoms with Crippen molar-refractivity contribution in [3.05, 3.63) is 52.7 Å². The monoisotopic (exact) mass is 454 g/mol. The maximum absolute atomic E-state index is 12.9. The molecule has 0 unspecified atom stereocenters. The minimum absolute atomic E-state index is 0.0589. The van der Waals surface area contributed by atoms with Crippen LogP contribution in [0.2, 0.25) is 0 Å². The van der Waals surface area contributed by atoms with E-state index >= 15 is 0 Å². The lowest BCUT2D eigenvalue weighted by Gasteiger charge is -2.28. The van der Waals surface area contributed by atoms with Gasteiger partial charge in [0, 0.05) is 31.5 Å². The van der Waals surface area contributed by atoms with Crippen LogP contribution in [0.4, 0.5) is 11.4 Å². The third-order valence-corrected chi connectivity index (χ3v) is 6.36. The predicted octanol–water partition coefficient (Wildman–Crippen LogP) is 3.57. The number of morpholine rings is 1. The van der Waals surface area contributed by atoms with E-state index in [0.29, 0.717) is 27.0 Å². The molecule has 0 spiro atoms. The third kappa shape index (κ3) is 5.00. The molecule has 0 radical (unpaired) electrons. The fourth-order valence-corrected chi connectivity index (χ4v) is 4.51. The maximum atomic E-state index is 12.9. The summed E-state index contributed by atoms with van der Waals surface area (Å²) in [4.78, 5) is 34.0. The second kappa shape index (κ2) is 9.54. The van der Waals surface area contributed by atoms with E-state index in [1.807, 2.05) is 43.3 Å². The van der Waals surface area contributed by atoms with Gasteiger partial charge in [-0.15, -0.1) is 11.3 Å². The zero-order chi connectivity index (χ0) is 22.7. The van der Waals surface area contributed by atoms with Crippen molar-refractivity contribution in [3.63, 3.8) is 0 Å². The summed E-state index contributed by atoms with van der Waals surface area (Å²) in [7, 11) is 1.61. The fourth-order valence-electron chi connectivity index (χ4n) is 3.49. The van der Waals surface area contributed by atoms with Crippen molar-refractivity contribution in [3.8, 4) is 10.8 Å². The predicted molar refractivity (Wildman–Crippen MR) is 124 cm³/mol. The summed E-state index contributed by atoms with van der Waals surface area (Å²) in [6.45, 7) is 6.75. The van der Waals surface area contributed by atoms with Crippen LogP contribution in [-0.2, 0) is 9.53 Å². The van der Waals surface area contributed by atoms with Gasteiger partial charge in [-0.05, 0) is 50.2 Å². The second-order valence-corrected chi connectivity index (χ2v) is 8.70. The summed E-state index contributed by atoms with van der Waals surface area (Å²) in [5.74, 6) is 0.916. The van der Waals surface area contributed by atoms with Crippen LogP contribution in [0.5, 0.6) is 0 Å². The Morgan fingerprint density at radius 2 is 1.84 bits per heavy atom. The standard InChI is InChI=1S/C23H26N4O4S/c1-15-4-9-19(31-15)22-24-16(2)21(32-22)23(29)26(3)14-20(28)25-17-5-7-18(8-6-17)27-10-12-30-13-11-27/h4-9H,10-14H2,1-3H3,(H,25,28). The van der Waals surface area contributed by atoms with Crippen LogP contribution < -0.4 is 10.2 Å². The first-order chi connectivity index (χ1) is 15.4. The summed E-state index contributed by atoms with van der Waals surface area (Å²) >= 11 is 1.27. The van der Waals surface area contributed by atoms with Gasteiger partial charge in [0.2, 0.25) is 5.91 Å². The van der Waals surface area contributed by atoms with Gasteiger partial charge in [0.15, 0.2) is 10.8 Å². The molecular formula is C23H26N4O4S. The van der Waals surface area contributed by atoms with Crippen molar-refractivity contribution < 1.29 is 18.7 Å². The Morgan fingerprint density at radius 3 is 2.50 bits per heavy atom. The molecule has 0 saturated carbocycles. The number of nitrogens with zero attached hydrogens (tertiary/aromatic N) is 3. The zero-order valence-corrected chi connectivity index (χ0v) is 19.2. The zero-order valence-electron chi connectivity index (χ0n) is 18.4. The van der Waals surface area contributed by atoms with Crippen LogP contribution in [0.15, 0.2) is 40.8 Å². The first-order valence-corrected chi connectivity index (χ1v) is 11.2. The molecule has 1 aromatic carbocycles. The number of carbonyl (C=O) groups excluding carboxylic acids is 2. The number of aromatic nitrogens is 1. The molecule has 3 heterocycles. The fraction of sp³-hybridized carbons (Fsp3) is 0.348. The molecule has 0 atom stereocenters. The number of hydrogen-bond donors (Lipinski definition) is 1. The van der Waals surface area contributed by atoms with Crippen molar-refractivity contribution in [2.45, 2.75) is 13.8 Å². The first-order valence-electron chi connectivity index (χ1n) is 10.4. The summed E-state index contributed by atoms with van der Waals surface area (Å²) in [5.41, 5.74) is 2.41. The number of benzene rings is 1. The largest absolute Gasteiger partial charge is 0.459 e. The van der Waals surface area contributed by atoms with Crippen LogP contribution in [0.3, 0.4) is 0 Å². The van der Waals surface area contributed by atoms with Crippen LogP contribution in [0, 0.1) is 13.8 Å². The average Bonchev–Trinajstić information content (AvgIpc) is 3.39. The molecule has 4 rings (SSSR count). The third-order valence-electron chi connectivity index (χ3n) is 5.20. The molecule has 1 saturated heterocycles. The lowest BCUT2D eigenvalue weighted by molar-refractivity contribution is -0.116. The number of amides is 2. The molecule has 3 aromatic rings. The number of thiazole rings is 1. The van der Waals surface area contributed by atoms with Gasteiger partial charge in [-0.2, -0.15) is 0 Å². The van der Waals surface area contributed by atoms with E-state index in [2.05, 4.69) is 15.2 Å². The number of rotatable bonds is 6. The van der Waals surface area contributed by atoms with Gasteiger partial charge < -0.3 is 24.3 Å². The highest BCUT2D eigenvalue weighted by molar-refractivity contribution is 7.17. The molecule has 9 heteroatoms.